The number of urea groups is 1. The molecule has 1 heterocycles. The van der Waals surface area contributed by atoms with E-state index in [2.05, 4.69) is 0 Å². The normalized spacial score (nSPS) is 19.0. The molecule has 0 aromatic heterocycles. The Morgan fingerprint density at radius 1 is 1.33 bits per heavy atom. The molecule has 1 aliphatic rings. The molecule has 2 N–H and O–H groups in total. The summed E-state index contributed by atoms with van der Waals surface area (Å²) in [5.74, 6) is -0.922. The summed E-state index contributed by atoms with van der Waals surface area (Å²) < 4.78 is 0. The van der Waals surface area contributed by atoms with Gasteiger partial charge < -0.3 is 20.0 Å². The van der Waals surface area contributed by atoms with Gasteiger partial charge in [0, 0.05) is 26.7 Å². The van der Waals surface area contributed by atoms with Gasteiger partial charge in [-0.15, -0.1) is 0 Å². The second-order valence-corrected chi connectivity index (χ2v) is 4.68. The number of hydrogen-bond acceptors (Lipinski definition) is 3. The van der Waals surface area contributed by atoms with E-state index < -0.39 is 12.0 Å². The average Bonchev–Trinajstić information content (AvgIpc) is 2.82. The molecule has 0 spiro atoms. The number of carboxylic acids is 1. The number of carbonyl (C=O) groups is 2. The van der Waals surface area contributed by atoms with Gasteiger partial charge in [-0.3, -0.25) is 0 Å². The second kappa shape index (κ2) is 7.20. The van der Waals surface area contributed by atoms with E-state index in [0.29, 0.717) is 19.5 Å². The van der Waals surface area contributed by atoms with Gasteiger partial charge >= 0.3 is 12.0 Å². The summed E-state index contributed by atoms with van der Waals surface area (Å²) in [5.41, 5.74) is 0. The van der Waals surface area contributed by atoms with Gasteiger partial charge in [-0.2, -0.15) is 0 Å². The molecule has 104 valence electrons. The number of amides is 2. The first-order valence-corrected chi connectivity index (χ1v) is 6.43. The average molecular weight is 258 g/mol. The molecule has 0 saturated carbocycles. The zero-order valence-corrected chi connectivity index (χ0v) is 10.8. The molecule has 0 aromatic rings. The Balaban J connectivity index is 2.40. The van der Waals surface area contributed by atoms with Crippen molar-refractivity contribution in [2.24, 2.45) is 0 Å². The maximum atomic E-state index is 12.1. The van der Waals surface area contributed by atoms with Crippen molar-refractivity contribution in [1.82, 2.24) is 9.80 Å². The van der Waals surface area contributed by atoms with E-state index >= 15 is 0 Å². The maximum absolute atomic E-state index is 12.1. The number of carboxylic acid groups (broad SMARTS) is 1. The van der Waals surface area contributed by atoms with E-state index in [1.165, 1.54) is 4.90 Å². The van der Waals surface area contributed by atoms with Crippen molar-refractivity contribution in [3.05, 3.63) is 0 Å². The van der Waals surface area contributed by atoms with Gasteiger partial charge in [0.25, 0.3) is 0 Å². The fourth-order valence-corrected chi connectivity index (χ4v) is 2.20. The largest absolute Gasteiger partial charge is 0.480 e. The highest BCUT2D eigenvalue weighted by Crippen LogP contribution is 2.19. The second-order valence-electron chi connectivity index (χ2n) is 4.68. The number of rotatable bonds is 6. The van der Waals surface area contributed by atoms with Gasteiger partial charge in [-0.1, -0.05) is 0 Å². The molecule has 1 fully saturated rings. The standard InChI is InChI=1S/C12H22N2O4/c1-13(7-3-2-4-9-15)12(18)14-8-5-6-10(14)11(16)17/h10,15H,2-9H2,1H3,(H,16,17)/t10-/m0/s1. The van der Waals surface area contributed by atoms with E-state index in [0.717, 1.165) is 25.7 Å². The zero-order chi connectivity index (χ0) is 13.5. The number of aliphatic hydroxyl groups is 1. The number of nitrogens with zero attached hydrogens (tertiary/aromatic N) is 2. The minimum Gasteiger partial charge on any atom is -0.480 e. The number of unbranched alkanes of at least 4 members (excludes halogenated alkanes) is 2. The van der Waals surface area contributed by atoms with E-state index in [4.69, 9.17) is 10.2 Å². The third kappa shape index (κ3) is 3.87. The van der Waals surface area contributed by atoms with Crippen LogP contribution in [0.3, 0.4) is 0 Å². The maximum Gasteiger partial charge on any atom is 0.326 e. The van der Waals surface area contributed by atoms with Gasteiger partial charge in [0.2, 0.25) is 0 Å². The molecule has 1 rings (SSSR count). The quantitative estimate of drug-likeness (QED) is 0.689. The van der Waals surface area contributed by atoms with E-state index in [1.54, 1.807) is 11.9 Å². The Kier molecular flexibility index (Phi) is 5.91. The van der Waals surface area contributed by atoms with Crippen LogP contribution in [-0.4, -0.2) is 64.8 Å². The Morgan fingerprint density at radius 3 is 2.67 bits per heavy atom. The lowest BCUT2D eigenvalue weighted by Gasteiger charge is -2.27. The smallest absolute Gasteiger partial charge is 0.326 e. The van der Waals surface area contributed by atoms with Gasteiger partial charge in [0.1, 0.15) is 6.04 Å². The van der Waals surface area contributed by atoms with Crippen LogP contribution in [0.15, 0.2) is 0 Å². The van der Waals surface area contributed by atoms with Gasteiger partial charge in [-0.25, -0.2) is 9.59 Å². The first-order chi connectivity index (χ1) is 8.57. The van der Waals surface area contributed by atoms with Crippen molar-refractivity contribution in [3.63, 3.8) is 0 Å². The highest BCUT2D eigenvalue weighted by atomic mass is 16.4. The Hall–Kier alpha value is -1.30. The van der Waals surface area contributed by atoms with Crippen LogP contribution in [0.4, 0.5) is 4.79 Å². The molecule has 1 aliphatic heterocycles. The van der Waals surface area contributed by atoms with Crippen LogP contribution in [-0.2, 0) is 4.79 Å². The predicted molar refractivity (Wildman–Crippen MR) is 66.3 cm³/mol. The molecule has 0 radical (unpaired) electrons. The number of aliphatic carboxylic acids is 1. The van der Waals surface area contributed by atoms with Crippen LogP contribution in [0.25, 0.3) is 0 Å². The molecule has 0 unspecified atom stereocenters. The summed E-state index contributed by atoms with van der Waals surface area (Å²) in [7, 11) is 1.69. The predicted octanol–water partition coefficient (Wildman–Crippen LogP) is 0.750. The Bertz CT molecular complexity index is 296. The molecule has 18 heavy (non-hydrogen) atoms. The number of hydrogen-bond donors (Lipinski definition) is 2. The fraction of sp³-hybridized carbons (Fsp3) is 0.833. The summed E-state index contributed by atoms with van der Waals surface area (Å²) >= 11 is 0. The van der Waals surface area contributed by atoms with Crippen LogP contribution in [0.1, 0.15) is 32.1 Å². The molecule has 6 nitrogen and oxygen atoms in total. The van der Waals surface area contributed by atoms with Crippen molar-refractivity contribution in [3.8, 4) is 0 Å². The van der Waals surface area contributed by atoms with Crippen molar-refractivity contribution in [1.29, 1.82) is 0 Å². The number of likely N-dealkylation sites (tertiary alicyclic amines) is 1. The summed E-state index contributed by atoms with van der Waals surface area (Å²) in [5, 5.41) is 17.7. The molecule has 6 heteroatoms. The van der Waals surface area contributed by atoms with Crippen molar-refractivity contribution < 1.29 is 19.8 Å². The highest BCUT2D eigenvalue weighted by Gasteiger charge is 2.35. The summed E-state index contributed by atoms with van der Waals surface area (Å²) in [6.07, 6.45) is 3.73. The molecule has 0 aromatic carbocycles. The molecular formula is C12H22N2O4. The lowest BCUT2D eigenvalue weighted by molar-refractivity contribution is -0.141. The molecule has 2 amide bonds. The molecule has 0 aliphatic carbocycles. The van der Waals surface area contributed by atoms with Crippen molar-refractivity contribution in [2.75, 3.05) is 26.7 Å². The van der Waals surface area contributed by atoms with Gasteiger partial charge in [-0.05, 0) is 32.1 Å². The highest BCUT2D eigenvalue weighted by molar-refractivity contribution is 5.83. The minimum atomic E-state index is -0.922. The monoisotopic (exact) mass is 258 g/mol. The number of carbonyl (C=O) groups excluding carboxylic acids is 1. The number of aliphatic hydroxyl groups excluding tert-OH is 1. The van der Waals surface area contributed by atoms with Crippen molar-refractivity contribution in [2.45, 2.75) is 38.1 Å². The summed E-state index contributed by atoms with van der Waals surface area (Å²) in [4.78, 5) is 26.1. The lowest BCUT2D eigenvalue weighted by Crippen LogP contribution is -2.46. The van der Waals surface area contributed by atoms with Crippen LogP contribution in [0, 0.1) is 0 Å². The molecule has 1 saturated heterocycles. The lowest BCUT2D eigenvalue weighted by atomic mass is 10.2. The summed E-state index contributed by atoms with van der Waals surface area (Å²) in [6.45, 7) is 1.29. The van der Waals surface area contributed by atoms with Crippen molar-refractivity contribution >= 4 is 12.0 Å². The minimum absolute atomic E-state index is 0.172. The van der Waals surface area contributed by atoms with E-state index in [1.807, 2.05) is 0 Å². The Labute approximate surface area is 107 Å². The molecule has 1 atom stereocenters. The summed E-state index contributed by atoms with van der Waals surface area (Å²) in [6, 6.07) is -0.874. The zero-order valence-electron chi connectivity index (χ0n) is 10.8. The SMILES string of the molecule is CN(CCCCCO)C(=O)N1CCC[C@H]1C(=O)O. The molecular weight excluding hydrogens is 236 g/mol. The topological polar surface area (TPSA) is 81.1 Å². The van der Waals surface area contributed by atoms with Crippen LogP contribution in [0.5, 0.6) is 0 Å². The van der Waals surface area contributed by atoms with E-state index in [9.17, 15) is 9.59 Å². The van der Waals surface area contributed by atoms with Crippen LogP contribution >= 0.6 is 0 Å². The third-order valence-corrected chi connectivity index (χ3v) is 3.26. The first kappa shape index (κ1) is 14.8. The fourth-order valence-electron chi connectivity index (χ4n) is 2.20. The first-order valence-electron chi connectivity index (χ1n) is 6.43. The third-order valence-electron chi connectivity index (χ3n) is 3.26. The molecule has 0 bridgehead atoms. The van der Waals surface area contributed by atoms with Crippen LogP contribution < -0.4 is 0 Å². The Morgan fingerprint density at radius 2 is 2.06 bits per heavy atom. The van der Waals surface area contributed by atoms with E-state index in [-0.39, 0.29) is 12.6 Å². The van der Waals surface area contributed by atoms with Crippen LogP contribution in [0.2, 0.25) is 0 Å². The van der Waals surface area contributed by atoms with Gasteiger partial charge in [0.05, 0.1) is 0 Å². The van der Waals surface area contributed by atoms with Gasteiger partial charge in [0.15, 0.2) is 0 Å².